The Morgan fingerprint density at radius 2 is 2.22 bits per heavy atom. The molecule has 1 fully saturated rings. The molecule has 0 N–H and O–H groups in total. The van der Waals surface area contributed by atoms with Crippen LogP contribution in [0.5, 0.6) is 0 Å². The van der Waals surface area contributed by atoms with Crippen molar-refractivity contribution in [3.63, 3.8) is 0 Å². The van der Waals surface area contributed by atoms with E-state index in [2.05, 4.69) is 26.9 Å². The Labute approximate surface area is 147 Å². The first-order chi connectivity index (χ1) is 11.0. The van der Waals surface area contributed by atoms with Crippen molar-refractivity contribution in [2.45, 2.75) is 18.9 Å². The SMILES string of the molecule is CN(Cc1ccc(Br)s1)CN1CC(c2cccc(F)c2)CC1=O. The molecular formula is C17H18BrFN2OS. The third kappa shape index (κ3) is 4.19. The van der Waals surface area contributed by atoms with Crippen LogP contribution in [0.2, 0.25) is 0 Å². The highest BCUT2D eigenvalue weighted by molar-refractivity contribution is 9.11. The molecule has 1 aliphatic rings. The highest BCUT2D eigenvalue weighted by atomic mass is 79.9. The average molecular weight is 397 g/mol. The second kappa shape index (κ2) is 7.11. The van der Waals surface area contributed by atoms with Crippen molar-refractivity contribution >= 4 is 33.2 Å². The van der Waals surface area contributed by atoms with E-state index < -0.39 is 0 Å². The lowest BCUT2D eigenvalue weighted by atomic mass is 9.98. The van der Waals surface area contributed by atoms with E-state index in [1.54, 1.807) is 17.4 Å². The fourth-order valence-electron chi connectivity index (χ4n) is 2.94. The zero-order valence-corrected chi connectivity index (χ0v) is 15.2. The van der Waals surface area contributed by atoms with E-state index in [9.17, 15) is 9.18 Å². The first kappa shape index (κ1) is 16.6. The Bertz CT molecular complexity index is 705. The molecule has 122 valence electrons. The van der Waals surface area contributed by atoms with Gasteiger partial charge in [-0.15, -0.1) is 11.3 Å². The van der Waals surface area contributed by atoms with Crippen LogP contribution in [0.1, 0.15) is 22.8 Å². The van der Waals surface area contributed by atoms with Crippen molar-refractivity contribution in [3.05, 3.63) is 56.4 Å². The summed E-state index contributed by atoms with van der Waals surface area (Å²) in [5.41, 5.74) is 0.908. The minimum atomic E-state index is -0.242. The van der Waals surface area contributed by atoms with Crippen molar-refractivity contribution in [1.29, 1.82) is 0 Å². The summed E-state index contributed by atoms with van der Waals surface area (Å²) >= 11 is 5.17. The van der Waals surface area contributed by atoms with E-state index in [4.69, 9.17) is 0 Å². The van der Waals surface area contributed by atoms with Crippen molar-refractivity contribution in [2.24, 2.45) is 0 Å². The van der Waals surface area contributed by atoms with Gasteiger partial charge in [0.15, 0.2) is 0 Å². The van der Waals surface area contributed by atoms with E-state index in [1.807, 2.05) is 24.1 Å². The van der Waals surface area contributed by atoms with Crippen molar-refractivity contribution < 1.29 is 9.18 Å². The highest BCUT2D eigenvalue weighted by Gasteiger charge is 2.31. The standard InChI is InChI=1S/C17H18BrFN2OS/c1-20(10-15-5-6-16(18)23-15)11-21-9-13(8-17(21)22)12-3-2-4-14(19)7-12/h2-7,13H,8-11H2,1H3. The van der Waals surface area contributed by atoms with Crippen molar-refractivity contribution in [2.75, 3.05) is 20.3 Å². The summed E-state index contributed by atoms with van der Waals surface area (Å²) in [6, 6.07) is 10.7. The van der Waals surface area contributed by atoms with Crippen LogP contribution in [0.25, 0.3) is 0 Å². The van der Waals surface area contributed by atoms with Gasteiger partial charge in [0, 0.05) is 30.3 Å². The van der Waals surface area contributed by atoms with Crippen LogP contribution in [0.15, 0.2) is 40.2 Å². The Balaban J connectivity index is 1.59. The Morgan fingerprint density at radius 3 is 2.91 bits per heavy atom. The number of hydrogen-bond donors (Lipinski definition) is 0. The van der Waals surface area contributed by atoms with Gasteiger partial charge in [-0.25, -0.2) is 4.39 Å². The molecule has 0 spiro atoms. The van der Waals surface area contributed by atoms with Gasteiger partial charge in [-0.2, -0.15) is 0 Å². The molecule has 0 bridgehead atoms. The van der Waals surface area contributed by atoms with Crippen molar-refractivity contribution in [3.8, 4) is 0 Å². The number of thiophene rings is 1. The van der Waals surface area contributed by atoms with Gasteiger partial charge in [0.1, 0.15) is 5.82 Å². The number of likely N-dealkylation sites (tertiary alicyclic amines) is 1. The molecule has 3 rings (SSSR count). The number of nitrogens with zero attached hydrogens (tertiary/aromatic N) is 2. The summed E-state index contributed by atoms with van der Waals surface area (Å²) in [4.78, 5) is 17.5. The van der Waals surface area contributed by atoms with Crippen LogP contribution >= 0.6 is 27.3 Å². The minimum absolute atomic E-state index is 0.0856. The Kier molecular flexibility index (Phi) is 5.14. The van der Waals surface area contributed by atoms with E-state index in [0.29, 0.717) is 19.6 Å². The van der Waals surface area contributed by atoms with Gasteiger partial charge in [-0.3, -0.25) is 9.69 Å². The number of carbonyl (C=O) groups is 1. The fourth-order valence-corrected chi connectivity index (χ4v) is 4.50. The van der Waals surface area contributed by atoms with E-state index in [-0.39, 0.29) is 17.6 Å². The molecule has 0 radical (unpaired) electrons. The molecule has 0 saturated carbocycles. The molecule has 1 saturated heterocycles. The first-order valence-corrected chi connectivity index (χ1v) is 9.08. The number of benzene rings is 1. The van der Waals surface area contributed by atoms with Crippen LogP contribution in [0, 0.1) is 5.82 Å². The van der Waals surface area contributed by atoms with Gasteiger partial charge in [0.25, 0.3) is 0 Å². The molecule has 1 aromatic carbocycles. The smallest absolute Gasteiger partial charge is 0.224 e. The number of carbonyl (C=O) groups excluding carboxylic acids is 1. The molecular weight excluding hydrogens is 379 g/mol. The molecule has 1 aromatic heterocycles. The monoisotopic (exact) mass is 396 g/mol. The quantitative estimate of drug-likeness (QED) is 0.760. The average Bonchev–Trinajstić information content (AvgIpc) is 3.06. The summed E-state index contributed by atoms with van der Waals surface area (Å²) in [5.74, 6) is -0.0188. The number of rotatable bonds is 5. The van der Waals surface area contributed by atoms with Gasteiger partial charge in [0.05, 0.1) is 10.5 Å². The Morgan fingerprint density at radius 1 is 1.39 bits per heavy atom. The lowest BCUT2D eigenvalue weighted by molar-refractivity contribution is -0.129. The second-order valence-corrected chi connectivity index (χ2v) is 8.48. The Hall–Kier alpha value is -1.24. The fraction of sp³-hybridized carbons (Fsp3) is 0.353. The van der Waals surface area contributed by atoms with Crippen LogP contribution in [0.3, 0.4) is 0 Å². The van der Waals surface area contributed by atoms with E-state index in [0.717, 1.165) is 15.9 Å². The number of amides is 1. The summed E-state index contributed by atoms with van der Waals surface area (Å²) in [6.07, 6.45) is 0.460. The van der Waals surface area contributed by atoms with E-state index >= 15 is 0 Å². The van der Waals surface area contributed by atoms with Gasteiger partial charge < -0.3 is 4.90 Å². The normalized spacial score (nSPS) is 18.2. The lowest BCUT2D eigenvalue weighted by Gasteiger charge is -2.24. The lowest BCUT2D eigenvalue weighted by Crippen LogP contribution is -2.36. The largest absolute Gasteiger partial charge is 0.329 e. The van der Waals surface area contributed by atoms with Crippen LogP contribution in [-0.2, 0) is 11.3 Å². The highest BCUT2D eigenvalue weighted by Crippen LogP contribution is 2.29. The number of hydrogen-bond acceptors (Lipinski definition) is 3. The predicted octanol–water partition coefficient (Wildman–Crippen LogP) is 4.06. The topological polar surface area (TPSA) is 23.6 Å². The molecule has 1 aliphatic heterocycles. The van der Waals surface area contributed by atoms with Gasteiger partial charge in [-0.05, 0) is 52.8 Å². The van der Waals surface area contributed by atoms with E-state index in [1.165, 1.54) is 17.0 Å². The molecule has 6 heteroatoms. The summed E-state index contributed by atoms with van der Waals surface area (Å²) < 4.78 is 14.5. The summed E-state index contributed by atoms with van der Waals surface area (Å²) in [7, 11) is 2.01. The van der Waals surface area contributed by atoms with Crippen LogP contribution < -0.4 is 0 Å². The minimum Gasteiger partial charge on any atom is -0.329 e. The molecule has 2 heterocycles. The molecule has 1 atom stereocenters. The molecule has 23 heavy (non-hydrogen) atoms. The third-order valence-electron chi connectivity index (χ3n) is 4.00. The zero-order valence-electron chi connectivity index (χ0n) is 12.8. The number of halogens is 2. The van der Waals surface area contributed by atoms with Crippen LogP contribution in [-0.4, -0.2) is 36.0 Å². The third-order valence-corrected chi connectivity index (χ3v) is 5.61. The first-order valence-electron chi connectivity index (χ1n) is 7.47. The van der Waals surface area contributed by atoms with Gasteiger partial charge in [0.2, 0.25) is 5.91 Å². The molecule has 2 aromatic rings. The maximum Gasteiger partial charge on any atom is 0.224 e. The maximum absolute atomic E-state index is 13.4. The van der Waals surface area contributed by atoms with Crippen molar-refractivity contribution in [1.82, 2.24) is 9.80 Å². The second-order valence-electron chi connectivity index (χ2n) is 5.93. The molecule has 3 nitrogen and oxygen atoms in total. The maximum atomic E-state index is 13.4. The summed E-state index contributed by atoms with van der Waals surface area (Å²) in [6.45, 7) is 2.06. The predicted molar refractivity (Wildman–Crippen MR) is 93.8 cm³/mol. The zero-order chi connectivity index (χ0) is 16.4. The molecule has 1 unspecified atom stereocenters. The van der Waals surface area contributed by atoms with Gasteiger partial charge in [-0.1, -0.05) is 12.1 Å². The summed E-state index contributed by atoms with van der Waals surface area (Å²) in [5, 5.41) is 0. The van der Waals surface area contributed by atoms with Gasteiger partial charge >= 0.3 is 0 Å². The van der Waals surface area contributed by atoms with Crippen LogP contribution in [0.4, 0.5) is 4.39 Å². The molecule has 1 amide bonds. The molecule has 0 aliphatic carbocycles.